The Kier molecular flexibility index (Phi) is 9.99. The van der Waals surface area contributed by atoms with Crippen LogP contribution in [0.5, 0.6) is 0 Å². The Morgan fingerprint density at radius 3 is 1.64 bits per heavy atom. The molecular weight excluding hydrogens is 846 g/mol. The number of aryl methyl sites for hydroxylation is 1. The van der Waals surface area contributed by atoms with Crippen LogP contribution < -0.4 is 31.1 Å². The topological polar surface area (TPSA) is 9.72 Å². The number of fused-ring (bicyclic) bond motifs is 7. The smallest absolute Gasteiger partial charge is 0.252 e. The van der Waals surface area contributed by atoms with Crippen molar-refractivity contribution >= 4 is 74.3 Å². The van der Waals surface area contributed by atoms with E-state index in [4.69, 9.17) is 0 Å². The van der Waals surface area contributed by atoms with E-state index in [-0.39, 0.29) is 23.0 Å². The summed E-state index contributed by atoms with van der Waals surface area (Å²) in [6, 6.07) is 75.6. The van der Waals surface area contributed by atoms with E-state index >= 15 is 0 Å². The third-order valence-electron chi connectivity index (χ3n) is 15.4. The van der Waals surface area contributed by atoms with Crippen molar-refractivity contribution in [2.75, 3.05) is 14.7 Å². The molecule has 342 valence electrons. The number of benzene rings is 9. The molecule has 12 rings (SSSR count). The summed E-state index contributed by atoms with van der Waals surface area (Å²) in [6.45, 7) is 21.0. The van der Waals surface area contributed by atoms with Gasteiger partial charge < -0.3 is 14.7 Å². The van der Waals surface area contributed by atoms with Crippen LogP contribution in [-0.2, 0) is 16.2 Å². The van der Waals surface area contributed by atoms with Gasteiger partial charge in [-0.05, 0) is 158 Å². The summed E-state index contributed by atoms with van der Waals surface area (Å²) in [5.41, 5.74) is 25.9. The van der Waals surface area contributed by atoms with Gasteiger partial charge in [-0.2, -0.15) is 0 Å². The van der Waals surface area contributed by atoms with Gasteiger partial charge in [-0.25, -0.2) is 0 Å². The van der Waals surface area contributed by atoms with Crippen LogP contribution in [0.25, 0.3) is 22.3 Å². The molecule has 0 N–H and O–H groups in total. The van der Waals surface area contributed by atoms with E-state index in [2.05, 4.69) is 277 Å². The zero-order chi connectivity index (χ0) is 48.3. The lowest BCUT2D eigenvalue weighted by Crippen LogP contribution is -2.61. The summed E-state index contributed by atoms with van der Waals surface area (Å²) in [5, 5.41) is 0. The van der Waals surface area contributed by atoms with Crippen LogP contribution in [0, 0.1) is 6.92 Å². The molecule has 0 saturated carbocycles. The molecule has 70 heavy (non-hydrogen) atoms. The number of rotatable bonds is 6. The number of anilines is 9. The summed E-state index contributed by atoms with van der Waals surface area (Å²) in [7, 11) is 0. The third kappa shape index (κ3) is 6.94. The number of hydrogen-bond donors (Lipinski definition) is 0. The summed E-state index contributed by atoms with van der Waals surface area (Å²) < 4.78 is 0. The molecule has 9 aromatic carbocycles. The van der Waals surface area contributed by atoms with Gasteiger partial charge in [0.25, 0.3) is 6.71 Å². The minimum atomic E-state index is -0.0852. The van der Waals surface area contributed by atoms with E-state index in [1.165, 1.54) is 94.9 Å². The van der Waals surface area contributed by atoms with Gasteiger partial charge in [-0.15, -0.1) is 0 Å². The van der Waals surface area contributed by atoms with E-state index in [0.717, 1.165) is 22.7 Å². The van der Waals surface area contributed by atoms with Gasteiger partial charge in [0.15, 0.2) is 0 Å². The minimum Gasteiger partial charge on any atom is -0.311 e. The highest BCUT2D eigenvalue weighted by Crippen LogP contribution is 2.53. The molecule has 0 spiro atoms. The van der Waals surface area contributed by atoms with Crippen molar-refractivity contribution in [1.82, 2.24) is 0 Å². The predicted molar refractivity (Wildman–Crippen MR) is 300 cm³/mol. The molecular formula is C66H60BN3. The number of para-hydroxylation sites is 2. The molecule has 0 saturated heterocycles. The van der Waals surface area contributed by atoms with Gasteiger partial charge in [0.2, 0.25) is 0 Å². The minimum absolute atomic E-state index is 0.0375. The lowest BCUT2D eigenvalue weighted by atomic mass is 9.33. The first-order valence-corrected chi connectivity index (χ1v) is 25.0. The van der Waals surface area contributed by atoms with Crippen LogP contribution >= 0.6 is 0 Å². The summed E-state index contributed by atoms with van der Waals surface area (Å²) in [5.74, 6) is 0. The maximum atomic E-state index is 2.61. The fourth-order valence-electron chi connectivity index (χ4n) is 11.8. The zero-order valence-electron chi connectivity index (χ0n) is 42.0. The molecule has 9 aromatic rings. The molecule has 4 heteroatoms. The van der Waals surface area contributed by atoms with E-state index in [9.17, 15) is 0 Å². The van der Waals surface area contributed by atoms with Gasteiger partial charge in [0.1, 0.15) is 0 Å². The van der Waals surface area contributed by atoms with Crippen molar-refractivity contribution in [2.24, 2.45) is 0 Å². The molecule has 1 aliphatic carbocycles. The first kappa shape index (κ1) is 43.7. The highest BCUT2D eigenvalue weighted by molar-refractivity contribution is 7.00. The predicted octanol–water partition coefficient (Wildman–Crippen LogP) is 16.1. The average Bonchev–Trinajstić information content (AvgIpc) is 3.59. The zero-order valence-corrected chi connectivity index (χ0v) is 42.0. The van der Waals surface area contributed by atoms with Crippen LogP contribution in [0.1, 0.15) is 83.2 Å². The van der Waals surface area contributed by atoms with Crippen molar-refractivity contribution < 1.29 is 0 Å². The summed E-state index contributed by atoms with van der Waals surface area (Å²) in [6.07, 6.45) is 0. The fourth-order valence-corrected chi connectivity index (χ4v) is 11.8. The lowest BCUT2D eigenvalue weighted by Gasteiger charge is -2.45. The highest BCUT2D eigenvalue weighted by Gasteiger charge is 2.45. The van der Waals surface area contributed by atoms with Crippen molar-refractivity contribution in [2.45, 2.75) is 78.6 Å². The number of hydrogen-bond acceptors (Lipinski definition) is 3. The van der Waals surface area contributed by atoms with E-state index in [1.54, 1.807) is 0 Å². The van der Waals surface area contributed by atoms with Crippen LogP contribution in [0.4, 0.5) is 51.2 Å². The SMILES string of the molecule is Cc1cc2c3c(c1)N(c1ccc(C(C)(C)C)cc1-c1ccccc1)c1cc(N(c4ccccc4)c4ccccc4)ccc1B3c1cc(C(C)(C)C)ccc1N2c1ccc2c(c1)-c1ccccc1C2(C)C. The Bertz CT molecular complexity index is 3470. The summed E-state index contributed by atoms with van der Waals surface area (Å²) in [4.78, 5) is 7.60. The Morgan fingerprint density at radius 2 is 0.986 bits per heavy atom. The van der Waals surface area contributed by atoms with Crippen LogP contribution in [0.15, 0.2) is 200 Å². The molecule has 0 radical (unpaired) electrons. The van der Waals surface area contributed by atoms with E-state index in [1.807, 2.05) is 0 Å². The third-order valence-corrected chi connectivity index (χ3v) is 15.4. The molecule has 0 amide bonds. The van der Waals surface area contributed by atoms with E-state index < -0.39 is 0 Å². The molecule has 2 aliphatic heterocycles. The van der Waals surface area contributed by atoms with Gasteiger partial charge in [-0.3, -0.25) is 0 Å². The molecule has 0 bridgehead atoms. The number of nitrogens with zero attached hydrogens (tertiary/aromatic N) is 3. The highest BCUT2D eigenvalue weighted by atomic mass is 15.2. The first-order valence-electron chi connectivity index (χ1n) is 25.0. The maximum absolute atomic E-state index is 2.61. The second kappa shape index (κ2) is 16.0. The van der Waals surface area contributed by atoms with Gasteiger partial charge in [-0.1, -0.05) is 177 Å². The van der Waals surface area contributed by atoms with Crippen molar-refractivity contribution in [3.05, 3.63) is 228 Å². The van der Waals surface area contributed by atoms with Crippen LogP contribution in [0.2, 0.25) is 0 Å². The molecule has 3 nitrogen and oxygen atoms in total. The molecule has 2 heterocycles. The molecule has 0 atom stereocenters. The monoisotopic (exact) mass is 905 g/mol. The Labute approximate surface area is 415 Å². The Balaban J connectivity index is 1.17. The van der Waals surface area contributed by atoms with E-state index in [0.29, 0.717) is 0 Å². The fraction of sp³-hybridized carbons (Fsp3) is 0.182. The first-order chi connectivity index (χ1) is 33.7. The lowest BCUT2D eigenvalue weighted by molar-refractivity contribution is 0.590. The van der Waals surface area contributed by atoms with Crippen molar-refractivity contribution in [1.29, 1.82) is 0 Å². The quantitative estimate of drug-likeness (QED) is 0.154. The molecule has 3 aliphatic rings. The van der Waals surface area contributed by atoms with Gasteiger partial charge in [0, 0.05) is 56.5 Å². The Hall–Kier alpha value is -7.56. The van der Waals surface area contributed by atoms with Crippen LogP contribution in [-0.4, -0.2) is 6.71 Å². The maximum Gasteiger partial charge on any atom is 0.252 e. The van der Waals surface area contributed by atoms with Crippen LogP contribution in [0.3, 0.4) is 0 Å². The molecule has 0 unspecified atom stereocenters. The van der Waals surface area contributed by atoms with Gasteiger partial charge >= 0.3 is 0 Å². The second-order valence-corrected chi connectivity index (χ2v) is 22.3. The standard InChI is InChI=1S/C66H60BN3/c1-43-37-61-63-62(38-43)70(58-35-29-45(64(2,3)4)39-52(58)44-21-13-10-14-22-44)60-42-50(68(47-23-15-11-16-24-47)48-25-17-12-18-26-48)32-34-56(60)67(63)57-40-46(65(5,6)7)30-36-59(57)69(61)49-31-33-55-53(41-49)51-27-19-20-28-54(51)66(55,8)9/h10-42H,1-9H3. The molecule has 0 aromatic heterocycles. The summed E-state index contributed by atoms with van der Waals surface area (Å²) >= 11 is 0. The average molecular weight is 906 g/mol. The normalized spacial score (nSPS) is 14.1. The second-order valence-electron chi connectivity index (χ2n) is 22.3. The van der Waals surface area contributed by atoms with Crippen molar-refractivity contribution in [3.63, 3.8) is 0 Å². The Morgan fingerprint density at radius 1 is 0.414 bits per heavy atom. The largest absolute Gasteiger partial charge is 0.311 e. The van der Waals surface area contributed by atoms with Crippen molar-refractivity contribution in [3.8, 4) is 22.3 Å². The molecule has 0 fully saturated rings. The van der Waals surface area contributed by atoms with Gasteiger partial charge in [0.05, 0.1) is 5.69 Å².